The van der Waals surface area contributed by atoms with Crippen molar-refractivity contribution in [1.82, 2.24) is 14.3 Å². The normalized spacial score (nSPS) is 12.4. The highest BCUT2D eigenvalue weighted by molar-refractivity contribution is 7.89. The van der Waals surface area contributed by atoms with Crippen molar-refractivity contribution in [3.05, 3.63) is 54.2 Å². The van der Waals surface area contributed by atoms with Gasteiger partial charge in [0.15, 0.2) is 5.13 Å². The molecule has 0 saturated carbocycles. The van der Waals surface area contributed by atoms with E-state index in [1.54, 1.807) is 20.8 Å². The minimum absolute atomic E-state index is 0.252. The average Bonchev–Trinajstić information content (AvgIpc) is 3.53. The lowest BCUT2D eigenvalue weighted by Gasteiger charge is -2.26. The first kappa shape index (κ1) is 29.8. The fourth-order valence-corrected chi connectivity index (χ4v) is 4.97. The van der Waals surface area contributed by atoms with Gasteiger partial charge in [-0.2, -0.15) is 0 Å². The molecule has 0 aliphatic rings. The van der Waals surface area contributed by atoms with Crippen LogP contribution in [0.25, 0.3) is 11.3 Å². The van der Waals surface area contributed by atoms with Gasteiger partial charge < -0.3 is 20.3 Å². The maximum atomic E-state index is 13.4. The molecule has 1 atom stereocenters. The smallest absolute Gasteiger partial charge is 0.407 e. The number of carbonyl (C=O) groups is 3. The van der Waals surface area contributed by atoms with Crippen molar-refractivity contribution in [2.24, 2.45) is 0 Å². The number of anilines is 2. The summed E-state index contributed by atoms with van der Waals surface area (Å²) in [6, 6.07) is 10.0. The Morgan fingerprint density at radius 2 is 1.90 bits per heavy atom. The third-order valence-corrected chi connectivity index (χ3v) is 7.21. The number of ether oxygens (including phenoxy) is 1. The van der Waals surface area contributed by atoms with Crippen LogP contribution in [0, 0.1) is 0 Å². The zero-order chi connectivity index (χ0) is 28.6. The molecule has 3 amide bonds. The minimum atomic E-state index is -3.57. The Morgan fingerprint density at radius 1 is 1.18 bits per heavy atom. The van der Waals surface area contributed by atoms with E-state index in [2.05, 4.69) is 15.6 Å². The number of aromatic nitrogens is 2. The van der Waals surface area contributed by atoms with Gasteiger partial charge in [0.25, 0.3) is 0 Å². The Labute approximate surface area is 232 Å². The van der Waals surface area contributed by atoms with Gasteiger partial charge in [-0.15, -0.1) is 11.3 Å². The highest BCUT2D eigenvalue weighted by Crippen LogP contribution is 2.26. The Bertz CT molecular complexity index is 1380. The van der Waals surface area contributed by atoms with E-state index in [0.717, 1.165) is 15.8 Å². The van der Waals surface area contributed by atoms with E-state index < -0.39 is 33.7 Å². The van der Waals surface area contributed by atoms with E-state index in [1.807, 2.05) is 35.7 Å². The lowest BCUT2D eigenvalue weighted by Crippen LogP contribution is -2.43. The van der Waals surface area contributed by atoms with E-state index in [0.29, 0.717) is 36.6 Å². The van der Waals surface area contributed by atoms with E-state index in [-0.39, 0.29) is 12.1 Å². The van der Waals surface area contributed by atoms with Crippen LogP contribution in [0.2, 0.25) is 0 Å². The number of nitrogens with one attached hydrogen (secondary N) is 2. The molecule has 210 valence electrons. The first-order chi connectivity index (χ1) is 18.4. The monoisotopic (exact) mass is 575 g/mol. The number of hydrogen-bond donors (Lipinski definition) is 2. The Balaban J connectivity index is 1.73. The van der Waals surface area contributed by atoms with Gasteiger partial charge in [0, 0.05) is 29.9 Å². The van der Waals surface area contributed by atoms with Crippen LogP contribution in [0.3, 0.4) is 0 Å². The number of thiazole rings is 1. The van der Waals surface area contributed by atoms with Crippen molar-refractivity contribution in [3.8, 4) is 11.3 Å². The SMILES string of the molecule is CC(C)(C)OC(=O)NCCCC[C@@H](C(=O)Nc1nc(-c2ccccc2)cs1)N(C=O)c1ccn(S(C)(=O)=O)c1. The summed E-state index contributed by atoms with van der Waals surface area (Å²) >= 11 is 1.26. The largest absolute Gasteiger partial charge is 0.444 e. The summed E-state index contributed by atoms with van der Waals surface area (Å²) in [6.45, 7) is 5.63. The number of rotatable bonds is 12. The average molecular weight is 576 g/mol. The molecule has 0 aliphatic carbocycles. The molecule has 11 nitrogen and oxygen atoms in total. The van der Waals surface area contributed by atoms with E-state index in [1.165, 1.54) is 34.7 Å². The molecule has 0 aliphatic heterocycles. The van der Waals surface area contributed by atoms with Gasteiger partial charge in [-0.3, -0.25) is 13.6 Å². The first-order valence-corrected chi connectivity index (χ1v) is 15.0. The molecule has 2 aromatic heterocycles. The van der Waals surface area contributed by atoms with Crippen LogP contribution in [-0.4, -0.2) is 60.2 Å². The van der Waals surface area contributed by atoms with Crippen LogP contribution in [-0.2, 0) is 24.3 Å². The molecule has 3 rings (SSSR count). The number of alkyl carbamates (subject to hydrolysis) is 1. The maximum Gasteiger partial charge on any atom is 0.407 e. The van der Waals surface area contributed by atoms with Gasteiger partial charge in [0.05, 0.1) is 17.6 Å². The van der Waals surface area contributed by atoms with Crippen LogP contribution < -0.4 is 15.5 Å². The number of carbonyl (C=O) groups excluding carboxylic acids is 3. The van der Waals surface area contributed by atoms with Gasteiger partial charge in [-0.1, -0.05) is 30.3 Å². The van der Waals surface area contributed by atoms with Crippen LogP contribution in [0.1, 0.15) is 40.0 Å². The van der Waals surface area contributed by atoms with Crippen molar-refractivity contribution in [2.75, 3.05) is 23.0 Å². The van der Waals surface area contributed by atoms with Gasteiger partial charge >= 0.3 is 6.09 Å². The van der Waals surface area contributed by atoms with Crippen molar-refractivity contribution in [2.45, 2.75) is 51.7 Å². The van der Waals surface area contributed by atoms with Gasteiger partial charge in [0.1, 0.15) is 11.6 Å². The lowest BCUT2D eigenvalue weighted by molar-refractivity contribution is -0.119. The second kappa shape index (κ2) is 12.9. The molecule has 13 heteroatoms. The van der Waals surface area contributed by atoms with Crippen molar-refractivity contribution >= 4 is 50.6 Å². The summed E-state index contributed by atoms with van der Waals surface area (Å²) in [5.41, 5.74) is 1.25. The Hall–Kier alpha value is -3.71. The Kier molecular flexibility index (Phi) is 9.86. The second-order valence-corrected chi connectivity index (χ2v) is 12.6. The molecule has 0 fully saturated rings. The molecule has 2 heterocycles. The molecular weight excluding hydrogens is 542 g/mol. The van der Waals surface area contributed by atoms with E-state index >= 15 is 0 Å². The topological polar surface area (TPSA) is 140 Å². The molecule has 39 heavy (non-hydrogen) atoms. The third kappa shape index (κ3) is 8.93. The quantitative estimate of drug-likeness (QED) is 0.245. The van der Waals surface area contributed by atoms with Gasteiger partial charge in [0.2, 0.25) is 22.3 Å². The zero-order valence-corrected chi connectivity index (χ0v) is 23.9. The summed E-state index contributed by atoms with van der Waals surface area (Å²) < 4.78 is 30.1. The molecule has 0 bridgehead atoms. The number of hydrogen-bond acceptors (Lipinski definition) is 8. The van der Waals surface area contributed by atoms with Gasteiger partial charge in [-0.05, 0) is 46.1 Å². The van der Waals surface area contributed by atoms with Crippen molar-refractivity contribution in [3.63, 3.8) is 0 Å². The van der Waals surface area contributed by atoms with Crippen LogP contribution in [0.15, 0.2) is 54.2 Å². The first-order valence-electron chi connectivity index (χ1n) is 12.3. The maximum absolute atomic E-state index is 13.4. The number of unbranched alkanes of at least 4 members (excludes halogenated alkanes) is 1. The summed E-state index contributed by atoms with van der Waals surface area (Å²) in [7, 11) is -3.57. The molecule has 0 spiro atoms. The highest BCUT2D eigenvalue weighted by atomic mass is 32.2. The molecule has 0 saturated heterocycles. The number of amides is 3. The van der Waals surface area contributed by atoms with Gasteiger partial charge in [-0.25, -0.2) is 18.2 Å². The predicted octanol–water partition coefficient (Wildman–Crippen LogP) is 4.08. The number of nitrogens with zero attached hydrogens (tertiary/aromatic N) is 3. The second-order valence-electron chi connectivity index (χ2n) is 9.81. The summed E-state index contributed by atoms with van der Waals surface area (Å²) in [5.74, 6) is -0.469. The van der Waals surface area contributed by atoms with E-state index in [9.17, 15) is 22.8 Å². The van der Waals surface area contributed by atoms with Crippen LogP contribution in [0.5, 0.6) is 0 Å². The van der Waals surface area contributed by atoms with E-state index in [4.69, 9.17) is 4.74 Å². The van der Waals surface area contributed by atoms with Crippen molar-refractivity contribution < 1.29 is 27.5 Å². The highest BCUT2D eigenvalue weighted by Gasteiger charge is 2.28. The Morgan fingerprint density at radius 3 is 2.51 bits per heavy atom. The standard InChI is InChI=1S/C26H33N5O6S2/c1-26(2,3)37-25(34)27-14-9-8-12-22(31(18-32)20-13-15-30(16-20)39(4,35)36)23(33)29-24-28-21(17-38-24)19-10-6-5-7-11-19/h5-7,10-11,13,15-18,22H,8-9,12,14H2,1-4H3,(H,27,34)(H,28,29,33)/t22-/m0/s1. The van der Waals surface area contributed by atoms with Crippen LogP contribution >= 0.6 is 11.3 Å². The summed E-state index contributed by atoms with van der Waals surface area (Å²) in [6.07, 6.45) is 4.86. The predicted molar refractivity (Wildman–Crippen MR) is 151 cm³/mol. The summed E-state index contributed by atoms with van der Waals surface area (Å²) in [5, 5.41) is 7.66. The molecule has 0 radical (unpaired) electrons. The third-order valence-electron chi connectivity index (χ3n) is 5.46. The van der Waals surface area contributed by atoms with Crippen molar-refractivity contribution in [1.29, 1.82) is 0 Å². The fourth-order valence-electron chi connectivity index (χ4n) is 3.66. The summed E-state index contributed by atoms with van der Waals surface area (Å²) in [4.78, 5) is 43.1. The minimum Gasteiger partial charge on any atom is -0.444 e. The molecule has 1 aromatic carbocycles. The number of benzene rings is 1. The molecule has 3 aromatic rings. The van der Waals surface area contributed by atoms with Crippen LogP contribution in [0.4, 0.5) is 15.6 Å². The molecular formula is C26H33N5O6S2. The molecule has 2 N–H and O–H groups in total. The molecule has 0 unspecified atom stereocenters. The fraction of sp³-hybridized carbons (Fsp3) is 0.385. The zero-order valence-electron chi connectivity index (χ0n) is 22.3. The lowest BCUT2D eigenvalue weighted by atomic mass is 10.1.